The van der Waals surface area contributed by atoms with Crippen molar-refractivity contribution in [2.24, 2.45) is 34.5 Å². The van der Waals surface area contributed by atoms with Crippen molar-refractivity contribution in [3.05, 3.63) is 0 Å². The Hall–Kier alpha value is -0.0800. The summed E-state index contributed by atoms with van der Waals surface area (Å²) in [5, 5.41) is 9.81. The van der Waals surface area contributed by atoms with E-state index in [4.69, 9.17) is 11.6 Å². The maximum absolute atomic E-state index is 12.6. The summed E-state index contributed by atoms with van der Waals surface area (Å²) >= 11 is 6.37. The standard InChI is InChI=1S/C19H29ClO2/c1-18-7-5-12(21)9-11(18)3-4-13-14(18)6-8-19(2)15(13)10-16(20)17(19)22/h11-16,21H,3-10H2,1-2H3/t11?,12-,13+,14-,15-,16+,18-,19-/m0/s1. The highest BCUT2D eigenvalue weighted by atomic mass is 35.5. The predicted molar refractivity (Wildman–Crippen MR) is 87.8 cm³/mol. The molecule has 3 heteroatoms. The van der Waals surface area contributed by atoms with Crippen molar-refractivity contribution >= 4 is 17.4 Å². The van der Waals surface area contributed by atoms with E-state index in [1.165, 1.54) is 25.7 Å². The number of halogens is 1. The number of ketones is 1. The Morgan fingerprint density at radius 1 is 1.05 bits per heavy atom. The van der Waals surface area contributed by atoms with Gasteiger partial charge in [-0.25, -0.2) is 0 Å². The molecule has 2 nitrogen and oxygen atoms in total. The summed E-state index contributed by atoms with van der Waals surface area (Å²) < 4.78 is 0. The van der Waals surface area contributed by atoms with Gasteiger partial charge in [0, 0.05) is 5.41 Å². The lowest BCUT2D eigenvalue weighted by molar-refractivity contribution is -0.142. The highest BCUT2D eigenvalue weighted by Gasteiger charge is 2.62. The van der Waals surface area contributed by atoms with Gasteiger partial charge in [-0.05, 0) is 80.5 Å². The molecule has 0 saturated heterocycles. The second kappa shape index (κ2) is 4.96. The van der Waals surface area contributed by atoms with E-state index in [2.05, 4.69) is 13.8 Å². The molecule has 0 aromatic carbocycles. The van der Waals surface area contributed by atoms with Crippen molar-refractivity contribution in [3.63, 3.8) is 0 Å². The number of carbonyl (C=O) groups is 1. The lowest BCUT2D eigenvalue weighted by Gasteiger charge is -2.60. The molecule has 4 aliphatic rings. The van der Waals surface area contributed by atoms with Crippen LogP contribution in [0.2, 0.25) is 0 Å². The van der Waals surface area contributed by atoms with Gasteiger partial charge in [0.2, 0.25) is 0 Å². The van der Waals surface area contributed by atoms with E-state index in [0.717, 1.165) is 31.6 Å². The third kappa shape index (κ3) is 1.92. The number of alkyl halides is 1. The lowest BCUT2D eigenvalue weighted by Crippen LogP contribution is -2.54. The Balaban J connectivity index is 1.64. The summed E-state index contributed by atoms with van der Waals surface area (Å²) in [5.41, 5.74) is 0.238. The van der Waals surface area contributed by atoms with Crippen LogP contribution in [0.3, 0.4) is 0 Å². The van der Waals surface area contributed by atoms with E-state index in [1.54, 1.807) is 0 Å². The van der Waals surface area contributed by atoms with Crippen molar-refractivity contribution in [1.29, 1.82) is 0 Å². The first-order valence-electron chi connectivity index (χ1n) is 9.23. The first-order chi connectivity index (χ1) is 10.4. The van der Waals surface area contributed by atoms with Gasteiger partial charge in [-0.2, -0.15) is 0 Å². The second-order valence-electron chi connectivity index (χ2n) is 9.11. The van der Waals surface area contributed by atoms with Gasteiger partial charge in [-0.1, -0.05) is 13.8 Å². The number of aliphatic hydroxyl groups is 1. The highest BCUT2D eigenvalue weighted by Crippen LogP contribution is 2.65. The Bertz CT molecular complexity index is 492. The number of rotatable bonds is 0. The summed E-state index contributed by atoms with van der Waals surface area (Å²) in [6.45, 7) is 4.68. The van der Waals surface area contributed by atoms with Crippen molar-refractivity contribution in [2.45, 2.75) is 76.7 Å². The fourth-order valence-corrected chi connectivity index (χ4v) is 7.43. The van der Waals surface area contributed by atoms with Gasteiger partial charge in [0.25, 0.3) is 0 Å². The molecule has 4 rings (SSSR count). The summed E-state index contributed by atoms with van der Waals surface area (Å²) in [6, 6.07) is 0. The maximum Gasteiger partial charge on any atom is 0.156 e. The van der Waals surface area contributed by atoms with Crippen LogP contribution in [0.15, 0.2) is 0 Å². The molecule has 0 radical (unpaired) electrons. The molecule has 0 aromatic rings. The molecule has 0 spiro atoms. The van der Waals surface area contributed by atoms with Gasteiger partial charge in [0.15, 0.2) is 5.78 Å². The van der Waals surface area contributed by atoms with Gasteiger partial charge >= 0.3 is 0 Å². The first-order valence-corrected chi connectivity index (χ1v) is 9.66. The van der Waals surface area contributed by atoms with Gasteiger partial charge in [0.1, 0.15) is 0 Å². The average molecular weight is 325 g/mol. The number of fused-ring (bicyclic) bond motifs is 5. The summed E-state index contributed by atoms with van der Waals surface area (Å²) in [4.78, 5) is 12.6. The van der Waals surface area contributed by atoms with Crippen LogP contribution < -0.4 is 0 Å². The smallest absolute Gasteiger partial charge is 0.156 e. The number of Topliss-reactive ketones (excluding diaryl/α,β-unsaturated/α-hetero) is 1. The minimum absolute atomic E-state index is 0.0799. The van der Waals surface area contributed by atoms with Gasteiger partial charge in [-0.3, -0.25) is 4.79 Å². The predicted octanol–water partition coefficient (Wildman–Crippen LogP) is 4.18. The molecule has 0 bridgehead atoms. The molecular formula is C19H29ClO2. The quantitative estimate of drug-likeness (QED) is 0.679. The Morgan fingerprint density at radius 3 is 2.59 bits per heavy atom. The molecule has 0 aliphatic heterocycles. The zero-order chi connectivity index (χ0) is 15.7. The Labute approximate surface area is 139 Å². The van der Waals surface area contributed by atoms with E-state index >= 15 is 0 Å². The Kier molecular flexibility index (Phi) is 3.48. The molecule has 0 amide bonds. The summed E-state index contributed by atoms with van der Waals surface area (Å²) in [6.07, 6.45) is 8.67. The van der Waals surface area contributed by atoms with Crippen LogP contribution in [0, 0.1) is 34.5 Å². The van der Waals surface area contributed by atoms with Crippen LogP contribution in [-0.2, 0) is 4.79 Å². The van der Waals surface area contributed by atoms with Gasteiger partial charge in [0.05, 0.1) is 11.5 Å². The number of carbonyl (C=O) groups excluding carboxylic acids is 1. The van der Waals surface area contributed by atoms with Crippen LogP contribution in [-0.4, -0.2) is 22.4 Å². The molecule has 4 saturated carbocycles. The molecule has 124 valence electrons. The Morgan fingerprint density at radius 2 is 1.82 bits per heavy atom. The van der Waals surface area contributed by atoms with E-state index in [0.29, 0.717) is 29.0 Å². The van der Waals surface area contributed by atoms with Crippen LogP contribution in [0.4, 0.5) is 0 Å². The lowest BCUT2D eigenvalue weighted by atomic mass is 9.45. The first kappa shape index (κ1) is 15.4. The molecule has 1 N–H and O–H groups in total. The van der Waals surface area contributed by atoms with Crippen LogP contribution in [0.5, 0.6) is 0 Å². The van der Waals surface area contributed by atoms with E-state index in [-0.39, 0.29) is 16.9 Å². The minimum atomic E-state index is -0.243. The van der Waals surface area contributed by atoms with Gasteiger partial charge < -0.3 is 5.11 Å². The van der Waals surface area contributed by atoms with Crippen LogP contribution >= 0.6 is 11.6 Å². The minimum Gasteiger partial charge on any atom is -0.393 e. The topological polar surface area (TPSA) is 37.3 Å². The summed E-state index contributed by atoms with van der Waals surface area (Å²) in [5.74, 6) is 2.94. The van der Waals surface area contributed by atoms with Crippen molar-refractivity contribution in [2.75, 3.05) is 0 Å². The fraction of sp³-hybridized carbons (Fsp3) is 0.947. The van der Waals surface area contributed by atoms with E-state index in [1.807, 2.05) is 0 Å². The normalized spacial score (nSPS) is 57.9. The average Bonchev–Trinajstić information content (AvgIpc) is 2.72. The third-order valence-corrected chi connectivity index (χ3v) is 8.71. The zero-order valence-electron chi connectivity index (χ0n) is 13.9. The summed E-state index contributed by atoms with van der Waals surface area (Å²) in [7, 11) is 0. The second-order valence-corrected chi connectivity index (χ2v) is 9.64. The molecule has 0 aromatic heterocycles. The van der Waals surface area contributed by atoms with Gasteiger partial charge in [-0.15, -0.1) is 11.6 Å². The molecule has 8 atom stereocenters. The number of hydrogen-bond donors (Lipinski definition) is 1. The van der Waals surface area contributed by atoms with Crippen LogP contribution in [0.1, 0.15) is 65.2 Å². The molecule has 22 heavy (non-hydrogen) atoms. The molecule has 4 fully saturated rings. The SMILES string of the molecule is C[C@]12CC[C@H](O)CC1CC[C@@H]1[C@@H]2CC[C@]2(C)C(=O)[C@H](Cl)C[C@@H]12. The number of aliphatic hydroxyl groups excluding tert-OH is 1. The monoisotopic (exact) mass is 324 g/mol. The largest absolute Gasteiger partial charge is 0.393 e. The maximum atomic E-state index is 12.6. The van der Waals surface area contributed by atoms with Crippen molar-refractivity contribution < 1.29 is 9.90 Å². The molecular weight excluding hydrogens is 296 g/mol. The van der Waals surface area contributed by atoms with Crippen LogP contribution in [0.25, 0.3) is 0 Å². The highest BCUT2D eigenvalue weighted by molar-refractivity contribution is 6.32. The zero-order valence-corrected chi connectivity index (χ0v) is 14.6. The molecule has 0 heterocycles. The van der Waals surface area contributed by atoms with Crippen molar-refractivity contribution in [3.8, 4) is 0 Å². The van der Waals surface area contributed by atoms with E-state index in [9.17, 15) is 9.90 Å². The van der Waals surface area contributed by atoms with Crippen molar-refractivity contribution in [1.82, 2.24) is 0 Å². The molecule has 1 unspecified atom stereocenters. The fourth-order valence-electron chi connectivity index (χ4n) is 6.98. The van der Waals surface area contributed by atoms with E-state index < -0.39 is 0 Å². The third-order valence-electron chi connectivity index (χ3n) is 8.34. The molecule has 4 aliphatic carbocycles. The number of hydrogen-bond acceptors (Lipinski definition) is 2.